The van der Waals surface area contributed by atoms with Gasteiger partial charge in [0, 0.05) is 0 Å². The molecule has 0 bridgehead atoms. The smallest absolute Gasteiger partial charge is 0.337 e. The lowest BCUT2D eigenvalue weighted by molar-refractivity contribution is 0.0600. The van der Waals surface area contributed by atoms with Gasteiger partial charge in [0.05, 0.1) is 31.4 Å². The van der Waals surface area contributed by atoms with Crippen LogP contribution in [0.2, 0.25) is 0 Å². The molecule has 0 radical (unpaired) electrons. The van der Waals surface area contributed by atoms with Crippen molar-refractivity contribution in [2.45, 2.75) is 18.9 Å². The number of esters is 1. The van der Waals surface area contributed by atoms with Crippen LogP contribution >= 0.6 is 0 Å². The highest BCUT2D eigenvalue weighted by Gasteiger charge is 2.11. The van der Waals surface area contributed by atoms with Crippen LogP contribution in [0.1, 0.15) is 28.8 Å². The minimum atomic E-state index is -0.379. The fourth-order valence-electron chi connectivity index (χ4n) is 2.01. The highest BCUT2D eigenvalue weighted by molar-refractivity contribution is 5.90. The number of nitrogens with one attached hydrogen (secondary N) is 1. The number of ether oxygens (including phenoxy) is 2. The van der Waals surface area contributed by atoms with E-state index < -0.39 is 0 Å². The number of benzene rings is 1. The van der Waals surface area contributed by atoms with Gasteiger partial charge in [-0.2, -0.15) is 0 Å². The minimum absolute atomic E-state index is 0.255. The van der Waals surface area contributed by atoms with Gasteiger partial charge in [-0.3, -0.25) is 0 Å². The summed E-state index contributed by atoms with van der Waals surface area (Å²) >= 11 is 0. The summed E-state index contributed by atoms with van der Waals surface area (Å²) in [4.78, 5) is 11.4. The molecule has 1 aromatic carbocycles. The van der Waals surface area contributed by atoms with Crippen molar-refractivity contribution in [1.29, 1.82) is 0 Å². The molecule has 1 atom stereocenters. The monoisotopic (exact) mass is 259 g/mol. The standard InChI is InChI=1S/C15H17NO3/c1-18-14-10-12(15(17)19-2)6-5-11(14)7-8-13-4-3-9-16-13/h5-6,10,13,16H,3-4,9H2,1-2H3. The Morgan fingerprint density at radius 3 is 2.89 bits per heavy atom. The van der Waals surface area contributed by atoms with E-state index in [2.05, 4.69) is 21.9 Å². The Bertz CT molecular complexity index is 522. The average molecular weight is 259 g/mol. The van der Waals surface area contributed by atoms with Gasteiger partial charge < -0.3 is 14.8 Å². The van der Waals surface area contributed by atoms with Crippen molar-refractivity contribution in [2.24, 2.45) is 0 Å². The van der Waals surface area contributed by atoms with E-state index in [0.29, 0.717) is 11.3 Å². The maximum Gasteiger partial charge on any atom is 0.337 e. The second kappa shape index (κ2) is 6.26. The molecule has 19 heavy (non-hydrogen) atoms. The van der Waals surface area contributed by atoms with E-state index in [1.54, 1.807) is 25.3 Å². The lowest BCUT2D eigenvalue weighted by Crippen LogP contribution is -2.18. The Morgan fingerprint density at radius 1 is 1.42 bits per heavy atom. The topological polar surface area (TPSA) is 47.6 Å². The first-order chi connectivity index (χ1) is 9.24. The number of hydrogen-bond acceptors (Lipinski definition) is 4. The first-order valence-electron chi connectivity index (χ1n) is 6.26. The molecule has 1 unspecified atom stereocenters. The molecule has 0 aliphatic carbocycles. The minimum Gasteiger partial charge on any atom is -0.495 e. The lowest BCUT2D eigenvalue weighted by atomic mass is 10.1. The molecular formula is C15H17NO3. The van der Waals surface area contributed by atoms with E-state index in [1.165, 1.54) is 7.11 Å². The molecule has 1 heterocycles. The summed E-state index contributed by atoms with van der Waals surface area (Å²) in [6.45, 7) is 1.03. The van der Waals surface area contributed by atoms with Crippen LogP contribution in [0.3, 0.4) is 0 Å². The molecular weight excluding hydrogens is 242 g/mol. The summed E-state index contributed by atoms with van der Waals surface area (Å²) in [7, 11) is 2.92. The summed E-state index contributed by atoms with van der Waals surface area (Å²) in [5, 5.41) is 3.31. The molecule has 100 valence electrons. The van der Waals surface area contributed by atoms with Crippen LogP contribution in [0.15, 0.2) is 18.2 Å². The highest BCUT2D eigenvalue weighted by atomic mass is 16.5. The lowest BCUT2D eigenvalue weighted by Gasteiger charge is -2.06. The Morgan fingerprint density at radius 2 is 2.26 bits per heavy atom. The molecule has 1 aliphatic heterocycles. The largest absolute Gasteiger partial charge is 0.495 e. The van der Waals surface area contributed by atoms with E-state index >= 15 is 0 Å². The maximum atomic E-state index is 11.4. The van der Waals surface area contributed by atoms with Gasteiger partial charge in [0.1, 0.15) is 5.75 Å². The number of carbonyl (C=O) groups excluding carboxylic acids is 1. The van der Waals surface area contributed by atoms with Crippen LogP contribution in [0.5, 0.6) is 5.75 Å². The van der Waals surface area contributed by atoms with Crippen molar-refractivity contribution in [1.82, 2.24) is 5.32 Å². The van der Waals surface area contributed by atoms with Crippen molar-refractivity contribution in [3.05, 3.63) is 29.3 Å². The number of rotatable bonds is 2. The summed E-state index contributed by atoms with van der Waals surface area (Å²) in [6, 6.07) is 5.38. The fraction of sp³-hybridized carbons (Fsp3) is 0.400. The van der Waals surface area contributed by atoms with Crippen molar-refractivity contribution in [2.75, 3.05) is 20.8 Å². The normalized spacial score (nSPS) is 17.5. The van der Waals surface area contributed by atoms with E-state index in [9.17, 15) is 4.79 Å². The van der Waals surface area contributed by atoms with Crippen LogP contribution in [0, 0.1) is 11.8 Å². The van der Waals surface area contributed by atoms with E-state index in [1.807, 2.05) is 0 Å². The predicted molar refractivity (Wildman–Crippen MR) is 72.2 cm³/mol. The summed E-state index contributed by atoms with van der Waals surface area (Å²) < 4.78 is 9.94. The molecule has 1 aromatic rings. The van der Waals surface area contributed by atoms with Crippen molar-refractivity contribution >= 4 is 5.97 Å². The van der Waals surface area contributed by atoms with Gasteiger partial charge >= 0.3 is 5.97 Å². The first kappa shape index (κ1) is 13.4. The molecule has 2 rings (SSSR count). The third-order valence-electron chi connectivity index (χ3n) is 3.06. The molecule has 0 saturated carbocycles. The summed E-state index contributed by atoms with van der Waals surface area (Å²) in [5.41, 5.74) is 1.24. The number of methoxy groups -OCH3 is 2. The molecule has 4 heteroatoms. The van der Waals surface area contributed by atoms with E-state index in [4.69, 9.17) is 4.74 Å². The summed E-state index contributed by atoms with van der Waals surface area (Å²) in [5.74, 6) is 6.49. The Balaban J connectivity index is 2.22. The third kappa shape index (κ3) is 3.27. The van der Waals surface area contributed by atoms with Crippen LogP contribution < -0.4 is 10.1 Å². The van der Waals surface area contributed by atoms with Gasteiger partial charge in [0.15, 0.2) is 0 Å². The highest BCUT2D eigenvalue weighted by Crippen LogP contribution is 2.20. The van der Waals surface area contributed by atoms with E-state index in [-0.39, 0.29) is 12.0 Å². The maximum absolute atomic E-state index is 11.4. The van der Waals surface area contributed by atoms with Gasteiger partial charge in [-0.15, -0.1) is 0 Å². The van der Waals surface area contributed by atoms with Gasteiger partial charge in [-0.05, 0) is 37.6 Å². The molecule has 1 fully saturated rings. The Kier molecular flexibility index (Phi) is 4.43. The average Bonchev–Trinajstić information content (AvgIpc) is 2.97. The first-order valence-corrected chi connectivity index (χ1v) is 6.26. The third-order valence-corrected chi connectivity index (χ3v) is 3.06. The van der Waals surface area contributed by atoms with Gasteiger partial charge in [0.25, 0.3) is 0 Å². The molecule has 4 nitrogen and oxygen atoms in total. The van der Waals surface area contributed by atoms with Crippen LogP contribution in [-0.2, 0) is 4.74 Å². The van der Waals surface area contributed by atoms with Gasteiger partial charge in [-0.1, -0.05) is 11.8 Å². The van der Waals surface area contributed by atoms with Crippen LogP contribution in [0.4, 0.5) is 0 Å². The van der Waals surface area contributed by atoms with Crippen LogP contribution in [0.25, 0.3) is 0 Å². The quantitative estimate of drug-likeness (QED) is 0.647. The van der Waals surface area contributed by atoms with Crippen LogP contribution in [-0.4, -0.2) is 32.8 Å². The summed E-state index contributed by atoms with van der Waals surface area (Å²) in [6.07, 6.45) is 2.24. The van der Waals surface area contributed by atoms with Gasteiger partial charge in [0.2, 0.25) is 0 Å². The molecule has 0 amide bonds. The molecule has 0 spiro atoms. The van der Waals surface area contributed by atoms with Crippen molar-refractivity contribution in [3.8, 4) is 17.6 Å². The zero-order chi connectivity index (χ0) is 13.7. The van der Waals surface area contributed by atoms with Crippen molar-refractivity contribution < 1.29 is 14.3 Å². The molecule has 0 aromatic heterocycles. The second-order valence-electron chi connectivity index (χ2n) is 4.32. The SMILES string of the molecule is COC(=O)c1ccc(C#CC2CCCN2)c(OC)c1. The van der Waals surface area contributed by atoms with Crippen molar-refractivity contribution in [3.63, 3.8) is 0 Å². The Hall–Kier alpha value is -1.99. The fourth-order valence-corrected chi connectivity index (χ4v) is 2.01. The molecule has 1 saturated heterocycles. The molecule has 1 aliphatic rings. The van der Waals surface area contributed by atoms with Gasteiger partial charge in [-0.25, -0.2) is 4.79 Å². The zero-order valence-electron chi connectivity index (χ0n) is 11.2. The number of carbonyl (C=O) groups is 1. The van der Waals surface area contributed by atoms with E-state index in [0.717, 1.165) is 24.9 Å². The Labute approximate surface area is 113 Å². The second-order valence-corrected chi connectivity index (χ2v) is 4.32. The predicted octanol–water partition coefficient (Wildman–Crippen LogP) is 1.59. The zero-order valence-corrected chi connectivity index (χ0v) is 11.2. The molecule has 1 N–H and O–H groups in total. The number of hydrogen-bond donors (Lipinski definition) is 1.